The Hall–Kier alpha value is -2.53. The second kappa shape index (κ2) is 7.24. The van der Waals surface area contributed by atoms with Gasteiger partial charge >= 0.3 is 0 Å². The van der Waals surface area contributed by atoms with E-state index < -0.39 is 10.0 Å². The molecule has 1 aliphatic heterocycles. The van der Waals surface area contributed by atoms with Crippen LogP contribution < -0.4 is 20.8 Å². The van der Waals surface area contributed by atoms with Crippen LogP contribution in [0, 0.1) is 0 Å². The monoisotopic (exact) mass is 423 g/mol. The average Bonchev–Trinajstić information content (AvgIpc) is 2.84. The van der Waals surface area contributed by atoms with E-state index in [0.717, 1.165) is 0 Å². The van der Waals surface area contributed by atoms with Gasteiger partial charge in [-0.1, -0.05) is 29.8 Å². The number of rotatable bonds is 3. The van der Waals surface area contributed by atoms with Gasteiger partial charge in [0.25, 0.3) is 5.91 Å². The Labute approximate surface area is 166 Å². The normalized spacial score (nSPS) is 15.0. The van der Waals surface area contributed by atoms with E-state index in [2.05, 4.69) is 15.8 Å². The molecule has 0 radical (unpaired) electrons. The van der Waals surface area contributed by atoms with Crippen LogP contribution in [0.1, 0.15) is 5.56 Å². The third-order valence-electron chi connectivity index (χ3n) is 3.77. The van der Waals surface area contributed by atoms with Gasteiger partial charge in [0, 0.05) is 18.3 Å². The molecule has 0 aliphatic carbocycles. The number of hydrogen-bond acceptors (Lipinski definition) is 5. The maximum Gasteiger partial charge on any atom is 0.279 e. The Morgan fingerprint density at radius 1 is 1.26 bits per heavy atom. The molecule has 1 amide bonds. The summed E-state index contributed by atoms with van der Waals surface area (Å²) in [6, 6.07) is 11.0. The standard InChI is InChI=1S/C16H14ClN5O3S2/c1-22-14-11(6-3-7-12(14)17)13(15(22)23)20-21-16(26)19-9-4-2-5-10(8-9)27(18,24)25/h2-8H,1H3,(H2,18,24,25)(H2,19,21,26). The lowest BCUT2D eigenvalue weighted by Gasteiger charge is -2.10. The molecule has 11 heteroatoms. The summed E-state index contributed by atoms with van der Waals surface area (Å²) in [6.45, 7) is 0. The molecule has 0 atom stereocenters. The van der Waals surface area contributed by atoms with Crippen molar-refractivity contribution < 1.29 is 13.2 Å². The molecular formula is C16H14ClN5O3S2. The number of carbonyl (C=O) groups excluding carboxylic acids is 1. The Morgan fingerprint density at radius 2 is 1.96 bits per heavy atom. The van der Waals surface area contributed by atoms with Crippen molar-refractivity contribution in [3.8, 4) is 0 Å². The van der Waals surface area contributed by atoms with Crippen LogP contribution in [0.3, 0.4) is 0 Å². The number of anilines is 2. The summed E-state index contributed by atoms with van der Waals surface area (Å²) in [4.78, 5) is 13.7. The molecule has 2 aromatic carbocycles. The second-order valence-corrected chi connectivity index (χ2v) is 7.98. The lowest BCUT2D eigenvalue weighted by molar-refractivity contribution is -0.111. The first-order chi connectivity index (χ1) is 12.7. The molecule has 0 unspecified atom stereocenters. The Bertz CT molecular complexity index is 1090. The summed E-state index contributed by atoms with van der Waals surface area (Å²) in [5, 5.41) is 12.5. The number of sulfonamides is 1. The van der Waals surface area contributed by atoms with Crippen LogP contribution in [-0.4, -0.2) is 32.2 Å². The van der Waals surface area contributed by atoms with Gasteiger partial charge in [-0.25, -0.2) is 13.6 Å². The minimum absolute atomic E-state index is 0.0576. The number of halogens is 1. The number of nitrogens with zero attached hydrogens (tertiary/aromatic N) is 2. The van der Waals surface area contributed by atoms with E-state index in [1.807, 2.05) is 0 Å². The summed E-state index contributed by atoms with van der Waals surface area (Å²) < 4.78 is 22.8. The number of amides is 1. The summed E-state index contributed by atoms with van der Waals surface area (Å²) in [6.07, 6.45) is 0. The molecule has 4 N–H and O–H groups in total. The number of hydrogen-bond donors (Lipinski definition) is 3. The van der Waals surface area contributed by atoms with Crippen molar-refractivity contribution in [2.75, 3.05) is 17.3 Å². The third-order valence-corrected chi connectivity index (χ3v) is 5.18. The lowest BCUT2D eigenvalue weighted by Crippen LogP contribution is -2.30. The molecule has 0 fully saturated rings. The number of thiocarbonyl (C=S) groups is 1. The minimum Gasteiger partial charge on any atom is -0.331 e. The smallest absolute Gasteiger partial charge is 0.279 e. The SMILES string of the molecule is CN1C(=O)C(=NNC(=S)Nc2cccc(S(N)(=O)=O)c2)c2cccc(Cl)c21. The zero-order valence-corrected chi connectivity index (χ0v) is 16.3. The molecule has 0 saturated carbocycles. The zero-order valence-electron chi connectivity index (χ0n) is 13.9. The summed E-state index contributed by atoms with van der Waals surface area (Å²) in [7, 11) is -2.23. The number of hydrazone groups is 1. The van der Waals surface area contributed by atoms with Crippen LogP contribution >= 0.6 is 23.8 Å². The highest BCUT2D eigenvalue weighted by Gasteiger charge is 2.33. The highest BCUT2D eigenvalue weighted by atomic mass is 35.5. The van der Waals surface area contributed by atoms with Crippen LogP contribution in [0.15, 0.2) is 52.5 Å². The minimum atomic E-state index is -3.83. The van der Waals surface area contributed by atoms with Crippen LogP contribution in [0.25, 0.3) is 0 Å². The van der Waals surface area contributed by atoms with Crippen molar-refractivity contribution in [1.29, 1.82) is 0 Å². The summed E-state index contributed by atoms with van der Waals surface area (Å²) in [5.41, 5.74) is 4.30. The lowest BCUT2D eigenvalue weighted by atomic mass is 10.1. The van der Waals surface area contributed by atoms with E-state index in [9.17, 15) is 13.2 Å². The fourth-order valence-corrected chi connectivity index (χ4v) is 3.57. The molecule has 1 heterocycles. The molecule has 1 aliphatic rings. The molecule has 140 valence electrons. The molecule has 0 spiro atoms. The number of carbonyl (C=O) groups is 1. The number of primary sulfonamides is 1. The Kier molecular flexibility index (Phi) is 5.16. The maximum absolute atomic E-state index is 12.4. The van der Waals surface area contributed by atoms with Crippen molar-refractivity contribution in [2.45, 2.75) is 4.90 Å². The Morgan fingerprint density at radius 3 is 2.67 bits per heavy atom. The van der Waals surface area contributed by atoms with Gasteiger partial charge in [-0.3, -0.25) is 10.2 Å². The van der Waals surface area contributed by atoms with E-state index in [1.165, 1.54) is 23.1 Å². The zero-order chi connectivity index (χ0) is 19.8. The number of fused-ring (bicyclic) bond motifs is 1. The fraction of sp³-hybridized carbons (Fsp3) is 0.0625. The fourth-order valence-electron chi connectivity index (χ4n) is 2.55. The first kappa shape index (κ1) is 19.2. The van der Waals surface area contributed by atoms with E-state index in [1.54, 1.807) is 31.3 Å². The van der Waals surface area contributed by atoms with Crippen LogP contribution in [0.4, 0.5) is 11.4 Å². The number of likely N-dealkylation sites (N-methyl/N-ethyl adjacent to an activating group) is 1. The molecule has 0 aromatic heterocycles. The second-order valence-electron chi connectivity index (χ2n) is 5.60. The molecule has 3 rings (SSSR count). The predicted molar refractivity (Wildman–Crippen MR) is 109 cm³/mol. The molecular weight excluding hydrogens is 410 g/mol. The van der Waals surface area contributed by atoms with Crippen molar-refractivity contribution in [3.05, 3.63) is 53.1 Å². The number of benzene rings is 2. The van der Waals surface area contributed by atoms with Crippen LogP contribution in [0.5, 0.6) is 0 Å². The van der Waals surface area contributed by atoms with Crippen molar-refractivity contribution in [2.24, 2.45) is 10.2 Å². The highest BCUT2D eigenvalue weighted by Crippen LogP contribution is 2.34. The van der Waals surface area contributed by atoms with Crippen molar-refractivity contribution in [1.82, 2.24) is 5.43 Å². The van der Waals surface area contributed by atoms with E-state index >= 15 is 0 Å². The molecule has 27 heavy (non-hydrogen) atoms. The van der Waals surface area contributed by atoms with Gasteiger partial charge in [-0.2, -0.15) is 5.10 Å². The number of para-hydroxylation sites is 1. The number of nitrogens with two attached hydrogens (primary N) is 1. The number of nitrogens with one attached hydrogen (secondary N) is 2. The summed E-state index contributed by atoms with van der Waals surface area (Å²) >= 11 is 11.3. The van der Waals surface area contributed by atoms with Crippen LogP contribution in [0.2, 0.25) is 5.02 Å². The van der Waals surface area contributed by atoms with Gasteiger partial charge in [-0.15, -0.1) is 0 Å². The Balaban J connectivity index is 1.79. The van der Waals surface area contributed by atoms with Crippen molar-refractivity contribution >= 4 is 61.9 Å². The topological polar surface area (TPSA) is 117 Å². The highest BCUT2D eigenvalue weighted by molar-refractivity contribution is 7.89. The van der Waals surface area contributed by atoms with Gasteiger partial charge < -0.3 is 10.2 Å². The van der Waals surface area contributed by atoms with E-state index in [4.69, 9.17) is 29.0 Å². The maximum atomic E-state index is 12.4. The summed E-state index contributed by atoms with van der Waals surface area (Å²) in [5.74, 6) is -0.329. The molecule has 8 nitrogen and oxygen atoms in total. The molecule has 0 saturated heterocycles. The van der Waals surface area contributed by atoms with Gasteiger partial charge in [0.15, 0.2) is 10.8 Å². The average molecular weight is 424 g/mol. The van der Waals surface area contributed by atoms with E-state index in [-0.39, 0.29) is 21.6 Å². The van der Waals surface area contributed by atoms with E-state index in [0.29, 0.717) is 22.0 Å². The molecule has 2 aromatic rings. The third kappa shape index (κ3) is 3.93. The van der Waals surface area contributed by atoms with Gasteiger partial charge in [0.2, 0.25) is 10.0 Å². The van der Waals surface area contributed by atoms with Gasteiger partial charge in [0.05, 0.1) is 15.6 Å². The quantitative estimate of drug-likeness (QED) is 0.510. The van der Waals surface area contributed by atoms with Gasteiger partial charge in [-0.05, 0) is 36.5 Å². The first-order valence-corrected chi connectivity index (χ1v) is 9.86. The largest absolute Gasteiger partial charge is 0.331 e. The van der Waals surface area contributed by atoms with Gasteiger partial charge in [0.1, 0.15) is 0 Å². The first-order valence-electron chi connectivity index (χ1n) is 7.53. The molecule has 0 bridgehead atoms. The van der Waals surface area contributed by atoms with Crippen molar-refractivity contribution in [3.63, 3.8) is 0 Å². The van der Waals surface area contributed by atoms with Crippen LogP contribution in [-0.2, 0) is 14.8 Å². The predicted octanol–water partition coefficient (Wildman–Crippen LogP) is 1.65.